The highest BCUT2D eigenvalue weighted by molar-refractivity contribution is 5.93. The summed E-state index contributed by atoms with van der Waals surface area (Å²) in [6.45, 7) is 1.83. The van der Waals surface area contributed by atoms with Gasteiger partial charge in [0.15, 0.2) is 0 Å². The molecule has 0 saturated heterocycles. The molecule has 23 heavy (non-hydrogen) atoms. The molecule has 0 aromatic heterocycles. The fourth-order valence-corrected chi connectivity index (χ4v) is 5.29. The minimum absolute atomic E-state index is 0.0203. The normalized spacial score (nSPS) is 45.8. The fourth-order valence-electron chi connectivity index (χ4n) is 5.29. The molecule has 124 valence electrons. The lowest BCUT2D eigenvalue weighted by molar-refractivity contribution is -0.0226. The van der Waals surface area contributed by atoms with Gasteiger partial charge in [-0.05, 0) is 78.8 Å². The van der Waals surface area contributed by atoms with E-state index in [4.69, 9.17) is 4.11 Å². The average Bonchev–Trinajstić information content (AvgIpc) is 2.69. The van der Waals surface area contributed by atoms with Crippen LogP contribution < -0.4 is 0 Å². The molecule has 4 rings (SSSR count). The summed E-state index contributed by atoms with van der Waals surface area (Å²) in [6, 6.07) is 3.24. The van der Waals surface area contributed by atoms with Crippen molar-refractivity contribution in [2.24, 2.45) is 17.3 Å². The first-order valence-electron chi connectivity index (χ1n) is 9.82. The molecule has 0 bridgehead atoms. The van der Waals surface area contributed by atoms with Gasteiger partial charge in [0.05, 0.1) is 7.45 Å². The third kappa shape index (κ3) is 1.97. The van der Waals surface area contributed by atoms with Gasteiger partial charge in [0.25, 0.3) is 0 Å². The van der Waals surface area contributed by atoms with Crippen molar-refractivity contribution in [3.63, 3.8) is 0 Å². The standard InChI is InChI=1S/C19H24O4/c1-19-9-8-11-10-4-6-15(20)17(18(22)23)13(10)3-2-12(11)14(19)5-7-16(19)21/h4,6,11-12,14,16,20-21H,2-3,5,7-9H2,1H3,(H,22,23)/t11-,12-,14+,16+,19+/m1/s1/i7D2,16D. The minimum atomic E-state index is -2.11. The Kier molecular flexibility index (Phi) is 2.57. The molecule has 1 aromatic rings. The highest BCUT2D eigenvalue weighted by atomic mass is 16.4. The zero-order valence-corrected chi connectivity index (χ0v) is 13.2. The number of aromatic carboxylic acids is 1. The van der Waals surface area contributed by atoms with Gasteiger partial charge in [0, 0.05) is 2.74 Å². The van der Waals surface area contributed by atoms with Crippen molar-refractivity contribution >= 4 is 5.97 Å². The number of rotatable bonds is 1. The van der Waals surface area contributed by atoms with Crippen molar-refractivity contribution < 1.29 is 24.2 Å². The maximum absolute atomic E-state index is 11.6. The minimum Gasteiger partial charge on any atom is -0.507 e. The molecular formula is C19H24O4. The molecule has 3 aliphatic rings. The first-order chi connectivity index (χ1) is 12.0. The molecule has 0 unspecified atom stereocenters. The number of carboxylic acid groups (broad SMARTS) is 1. The van der Waals surface area contributed by atoms with Crippen molar-refractivity contribution in [3.8, 4) is 5.75 Å². The Morgan fingerprint density at radius 2 is 2.17 bits per heavy atom. The van der Waals surface area contributed by atoms with Crippen molar-refractivity contribution in [2.75, 3.05) is 0 Å². The van der Waals surface area contributed by atoms with E-state index in [1.807, 2.05) is 6.92 Å². The van der Waals surface area contributed by atoms with Crippen LogP contribution in [0.2, 0.25) is 0 Å². The molecule has 0 radical (unpaired) electrons. The Labute approximate surface area is 140 Å². The topological polar surface area (TPSA) is 77.8 Å². The molecule has 1 aromatic carbocycles. The molecular weight excluding hydrogens is 292 g/mol. The number of aliphatic hydroxyl groups is 1. The smallest absolute Gasteiger partial charge is 0.339 e. The average molecular weight is 319 g/mol. The van der Waals surface area contributed by atoms with Gasteiger partial charge >= 0.3 is 5.97 Å². The molecule has 0 spiro atoms. The van der Waals surface area contributed by atoms with E-state index in [1.165, 1.54) is 6.07 Å². The van der Waals surface area contributed by atoms with Crippen molar-refractivity contribution in [2.45, 2.75) is 57.4 Å². The second kappa shape index (κ2) is 4.97. The summed E-state index contributed by atoms with van der Waals surface area (Å²) >= 11 is 0. The van der Waals surface area contributed by atoms with E-state index in [0.717, 1.165) is 5.56 Å². The van der Waals surface area contributed by atoms with Crippen LogP contribution in [-0.2, 0) is 6.42 Å². The first-order valence-corrected chi connectivity index (χ1v) is 8.32. The molecule has 0 amide bonds. The number of benzene rings is 1. The third-order valence-electron chi connectivity index (χ3n) is 6.53. The highest BCUT2D eigenvalue weighted by Crippen LogP contribution is 2.61. The molecule has 0 heterocycles. The van der Waals surface area contributed by atoms with Gasteiger partial charge in [-0.3, -0.25) is 0 Å². The highest BCUT2D eigenvalue weighted by Gasteiger charge is 2.54. The molecule has 2 fully saturated rings. The number of hydrogen-bond acceptors (Lipinski definition) is 3. The molecule has 3 N–H and O–H groups in total. The summed E-state index contributed by atoms with van der Waals surface area (Å²) in [5.74, 6) is -1.26. The zero-order valence-electron chi connectivity index (χ0n) is 16.2. The van der Waals surface area contributed by atoms with E-state index in [1.54, 1.807) is 6.07 Å². The van der Waals surface area contributed by atoms with Crippen molar-refractivity contribution in [1.82, 2.24) is 0 Å². The van der Waals surface area contributed by atoms with Gasteiger partial charge < -0.3 is 15.3 Å². The Hall–Kier alpha value is -1.55. The van der Waals surface area contributed by atoms with Crippen molar-refractivity contribution in [3.05, 3.63) is 28.8 Å². The number of carbonyl (C=O) groups is 1. The molecule has 5 atom stereocenters. The molecule has 4 nitrogen and oxygen atoms in total. The zero-order chi connectivity index (χ0) is 19.1. The van der Waals surface area contributed by atoms with E-state index in [9.17, 15) is 20.1 Å². The summed E-state index contributed by atoms with van der Waals surface area (Å²) < 4.78 is 24.7. The van der Waals surface area contributed by atoms with Gasteiger partial charge in [-0.1, -0.05) is 13.0 Å². The van der Waals surface area contributed by atoms with Crippen LogP contribution in [0.1, 0.15) is 70.5 Å². The monoisotopic (exact) mass is 319 g/mol. The lowest BCUT2D eigenvalue weighted by Gasteiger charge is -2.50. The van der Waals surface area contributed by atoms with Crippen LogP contribution in [0.3, 0.4) is 0 Å². The Morgan fingerprint density at radius 3 is 2.91 bits per heavy atom. The van der Waals surface area contributed by atoms with E-state index >= 15 is 0 Å². The van der Waals surface area contributed by atoms with Crippen LogP contribution in [0.5, 0.6) is 5.75 Å². The fraction of sp³-hybridized carbons (Fsp3) is 0.632. The van der Waals surface area contributed by atoms with Crippen molar-refractivity contribution in [1.29, 1.82) is 0 Å². The Bertz CT molecular complexity index is 791. The Morgan fingerprint density at radius 1 is 1.39 bits per heavy atom. The summed E-state index contributed by atoms with van der Waals surface area (Å²) in [6.07, 6.45) is -1.50. The molecule has 2 saturated carbocycles. The SMILES string of the molecule is [2H]C1([2H])C[C@H]2[C@@H]3CCc4c(ccc(O)c4C(=O)O)[C@H]3CC[C@]2(C)[C@@]1([2H])O. The number of carboxylic acids is 1. The maximum atomic E-state index is 11.6. The van der Waals surface area contributed by atoms with Crippen LogP contribution >= 0.6 is 0 Å². The quantitative estimate of drug-likeness (QED) is 0.742. The Balaban J connectivity index is 1.78. The predicted octanol–water partition coefficient (Wildman–Crippen LogP) is 3.31. The second-order valence-electron chi connectivity index (χ2n) is 7.43. The van der Waals surface area contributed by atoms with Gasteiger partial charge in [-0.15, -0.1) is 0 Å². The number of aromatic hydroxyl groups is 1. The summed E-state index contributed by atoms with van der Waals surface area (Å²) in [7, 11) is 0. The molecule has 4 heteroatoms. The predicted molar refractivity (Wildman–Crippen MR) is 85.7 cm³/mol. The lowest BCUT2D eigenvalue weighted by Crippen LogP contribution is -2.44. The van der Waals surface area contributed by atoms with Crippen LogP contribution in [0.25, 0.3) is 0 Å². The van der Waals surface area contributed by atoms with E-state index in [0.29, 0.717) is 31.2 Å². The van der Waals surface area contributed by atoms with E-state index in [-0.39, 0.29) is 35.5 Å². The van der Waals surface area contributed by atoms with Crippen LogP contribution in [0.15, 0.2) is 12.1 Å². The summed E-state index contributed by atoms with van der Waals surface area (Å²) in [5.41, 5.74) is 0.791. The summed E-state index contributed by atoms with van der Waals surface area (Å²) in [5, 5.41) is 30.1. The number of phenols is 1. The molecule has 0 aliphatic heterocycles. The van der Waals surface area contributed by atoms with E-state index < -0.39 is 23.8 Å². The van der Waals surface area contributed by atoms with Crippen LogP contribution in [0, 0.1) is 17.3 Å². The lowest BCUT2D eigenvalue weighted by atomic mass is 9.55. The van der Waals surface area contributed by atoms with Crippen LogP contribution in [0.4, 0.5) is 0 Å². The van der Waals surface area contributed by atoms with Crippen LogP contribution in [-0.4, -0.2) is 27.4 Å². The largest absolute Gasteiger partial charge is 0.507 e. The van der Waals surface area contributed by atoms with E-state index in [2.05, 4.69) is 0 Å². The van der Waals surface area contributed by atoms with Gasteiger partial charge in [-0.2, -0.15) is 0 Å². The molecule has 3 aliphatic carbocycles. The van der Waals surface area contributed by atoms with Gasteiger partial charge in [-0.25, -0.2) is 4.79 Å². The number of hydrogen-bond donors (Lipinski definition) is 3. The second-order valence-corrected chi connectivity index (χ2v) is 7.43. The number of fused-ring (bicyclic) bond motifs is 5. The maximum Gasteiger partial charge on any atom is 0.339 e. The first kappa shape index (κ1) is 11.9. The third-order valence-corrected chi connectivity index (χ3v) is 6.53. The van der Waals surface area contributed by atoms with Gasteiger partial charge in [0.1, 0.15) is 11.3 Å². The summed E-state index contributed by atoms with van der Waals surface area (Å²) in [4.78, 5) is 11.6. The van der Waals surface area contributed by atoms with Gasteiger partial charge in [0.2, 0.25) is 0 Å².